The van der Waals surface area contributed by atoms with E-state index in [0.717, 1.165) is 45.0 Å². The lowest BCUT2D eigenvalue weighted by Gasteiger charge is -2.20. The fourth-order valence-corrected chi connectivity index (χ4v) is 4.65. The second-order valence-electron chi connectivity index (χ2n) is 8.02. The molecule has 34 heavy (non-hydrogen) atoms. The molecule has 5 aromatic rings. The van der Waals surface area contributed by atoms with Crippen LogP contribution in [0.25, 0.3) is 22.0 Å². The summed E-state index contributed by atoms with van der Waals surface area (Å²) >= 11 is 3.61. The number of aromatic nitrogens is 3. The second-order valence-corrected chi connectivity index (χ2v) is 8.93. The van der Waals surface area contributed by atoms with Gasteiger partial charge in [0, 0.05) is 34.4 Å². The van der Waals surface area contributed by atoms with E-state index in [-0.39, 0.29) is 0 Å². The Balaban J connectivity index is 1.80. The highest BCUT2D eigenvalue weighted by Gasteiger charge is 2.19. The number of rotatable bonds is 7. The van der Waals surface area contributed by atoms with Crippen molar-refractivity contribution in [3.63, 3.8) is 0 Å². The lowest BCUT2D eigenvalue weighted by atomic mass is 9.87. The molecule has 0 unspecified atom stereocenters. The number of hydrogen-bond acceptors (Lipinski definition) is 3. The quantitative estimate of drug-likeness (QED) is 0.217. The van der Waals surface area contributed by atoms with Gasteiger partial charge in [0.1, 0.15) is 0 Å². The molecule has 0 N–H and O–H groups in total. The van der Waals surface area contributed by atoms with Gasteiger partial charge in [0.2, 0.25) is 5.88 Å². The van der Waals surface area contributed by atoms with E-state index in [4.69, 9.17) is 9.72 Å². The molecule has 0 aliphatic heterocycles. The minimum absolute atomic E-state index is 0.615. The van der Waals surface area contributed by atoms with Crippen LogP contribution in [0.3, 0.4) is 0 Å². The van der Waals surface area contributed by atoms with Crippen molar-refractivity contribution in [2.45, 2.75) is 13.0 Å². The molecular weight excluding hydrogens is 486 g/mol. The van der Waals surface area contributed by atoms with E-state index in [1.54, 1.807) is 7.11 Å². The van der Waals surface area contributed by atoms with Crippen LogP contribution in [0.1, 0.15) is 23.1 Å². The molecule has 0 atom stereocenters. The van der Waals surface area contributed by atoms with Crippen LogP contribution in [0.5, 0.6) is 5.88 Å². The molecule has 0 amide bonds. The van der Waals surface area contributed by atoms with Crippen LogP contribution in [0.2, 0.25) is 0 Å². The van der Waals surface area contributed by atoms with Gasteiger partial charge in [0.25, 0.3) is 0 Å². The van der Waals surface area contributed by atoms with Gasteiger partial charge >= 0.3 is 0 Å². The zero-order chi connectivity index (χ0) is 23.3. The van der Waals surface area contributed by atoms with Gasteiger partial charge in [-0.25, -0.2) is 9.97 Å². The standard InChI is InChI=1S/C29H24BrN3O/c1-34-29-26(19-23-18-24(30)12-13-27(23)32-29)28(22-10-6-3-7-11-22)25(21-8-4-2-5-9-21)14-16-33-17-15-31-20-33/h2-13,15,17-20H,14,16H2,1H3/b28-25+. The highest BCUT2D eigenvalue weighted by molar-refractivity contribution is 9.10. The van der Waals surface area contributed by atoms with E-state index < -0.39 is 0 Å². The molecular formula is C29H24BrN3O. The molecule has 0 aliphatic carbocycles. The summed E-state index contributed by atoms with van der Waals surface area (Å²) < 4.78 is 8.98. The molecule has 5 rings (SSSR count). The third-order valence-electron chi connectivity index (χ3n) is 5.87. The van der Waals surface area contributed by atoms with Crippen molar-refractivity contribution in [3.8, 4) is 5.88 Å². The lowest BCUT2D eigenvalue weighted by Crippen LogP contribution is -2.03. The van der Waals surface area contributed by atoms with Crippen LogP contribution in [0.15, 0.2) is 108 Å². The summed E-state index contributed by atoms with van der Waals surface area (Å²) in [5.74, 6) is 0.615. The summed E-state index contributed by atoms with van der Waals surface area (Å²) in [4.78, 5) is 9.09. The molecule has 0 saturated carbocycles. The zero-order valence-electron chi connectivity index (χ0n) is 18.9. The van der Waals surface area contributed by atoms with Crippen molar-refractivity contribution >= 4 is 38.0 Å². The maximum absolute atomic E-state index is 5.85. The number of ether oxygens (including phenoxy) is 1. The first-order valence-electron chi connectivity index (χ1n) is 11.2. The number of pyridine rings is 1. The van der Waals surface area contributed by atoms with Crippen molar-refractivity contribution in [1.29, 1.82) is 0 Å². The van der Waals surface area contributed by atoms with E-state index >= 15 is 0 Å². The zero-order valence-corrected chi connectivity index (χ0v) is 20.4. The fraction of sp³-hybridized carbons (Fsp3) is 0.103. The highest BCUT2D eigenvalue weighted by Crippen LogP contribution is 2.39. The van der Waals surface area contributed by atoms with Crippen LogP contribution in [-0.4, -0.2) is 21.6 Å². The van der Waals surface area contributed by atoms with Crippen LogP contribution in [-0.2, 0) is 6.54 Å². The van der Waals surface area contributed by atoms with Crippen molar-refractivity contribution in [2.75, 3.05) is 7.11 Å². The lowest BCUT2D eigenvalue weighted by molar-refractivity contribution is 0.398. The molecule has 0 radical (unpaired) electrons. The summed E-state index contributed by atoms with van der Waals surface area (Å²) in [6, 6.07) is 29.4. The van der Waals surface area contributed by atoms with Gasteiger partial charge in [0.05, 0.1) is 19.0 Å². The Hall–Kier alpha value is -3.70. The number of aryl methyl sites for hydroxylation is 1. The molecule has 0 aliphatic rings. The predicted molar refractivity (Wildman–Crippen MR) is 142 cm³/mol. The Morgan fingerprint density at radius 3 is 2.32 bits per heavy atom. The van der Waals surface area contributed by atoms with Gasteiger partial charge in [-0.1, -0.05) is 76.6 Å². The van der Waals surface area contributed by atoms with Gasteiger partial charge in [0.15, 0.2) is 0 Å². The topological polar surface area (TPSA) is 39.9 Å². The number of hydrogen-bond donors (Lipinski definition) is 0. The molecule has 168 valence electrons. The van der Waals surface area contributed by atoms with Crippen LogP contribution in [0, 0.1) is 0 Å². The van der Waals surface area contributed by atoms with Gasteiger partial charge in [-0.2, -0.15) is 0 Å². The third kappa shape index (κ3) is 4.66. The number of imidazole rings is 1. The van der Waals surface area contributed by atoms with Crippen LogP contribution < -0.4 is 4.74 Å². The molecule has 0 spiro atoms. The average Bonchev–Trinajstić information content (AvgIpc) is 3.40. The first kappa shape index (κ1) is 22.1. The molecule has 4 nitrogen and oxygen atoms in total. The fourth-order valence-electron chi connectivity index (χ4n) is 4.27. The Labute approximate surface area is 207 Å². The van der Waals surface area contributed by atoms with Gasteiger partial charge < -0.3 is 9.30 Å². The first-order chi connectivity index (χ1) is 16.7. The van der Waals surface area contributed by atoms with Crippen LogP contribution in [0.4, 0.5) is 0 Å². The number of fused-ring (bicyclic) bond motifs is 1. The summed E-state index contributed by atoms with van der Waals surface area (Å²) in [5.41, 5.74) is 6.53. The maximum atomic E-state index is 5.85. The highest BCUT2D eigenvalue weighted by atomic mass is 79.9. The second kappa shape index (κ2) is 10.1. The summed E-state index contributed by atoms with van der Waals surface area (Å²) in [6.07, 6.45) is 6.50. The first-order valence-corrected chi connectivity index (χ1v) is 12.0. The van der Waals surface area contributed by atoms with Crippen molar-refractivity contribution in [2.24, 2.45) is 0 Å². The van der Waals surface area contributed by atoms with Crippen LogP contribution >= 0.6 is 15.9 Å². The van der Waals surface area contributed by atoms with E-state index in [1.165, 1.54) is 11.1 Å². The number of halogens is 1. The van der Waals surface area contributed by atoms with E-state index in [9.17, 15) is 0 Å². The summed E-state index contributed by atoms with van der Waals surface area (Å²) in [5, 5.41) is 1.06. The number of allylic oxidation sites excluding steroid dienone is 1. The Morgan fingerprint density at radius 2 is 1.65 bits per heavy atom. The molecule has 3 aromatic carbocycles. The minimum Gasteiger partial charge on any atom is -0.481 e. The SMILES string of the molecule is COc1nc2ccc(Br)cc2cc1/C(=C(\CCn1ccnc1)c1ccccc1)c1ccccc1. The van der Waals surface area contributed by atoms with Crippen molar-refractivity contribution < 1.29 is 4.74 Å². The molecule has 0 fully saturated rings. The number of methoxy groups -OCH3 is 1. The Kier molecular flexibility index (Phi) is 6.54. The molecule has 5 heteroatoms. The molecule has 0 saturated heterocycles. The summed E-state index contributed by atoms with van der Waals surface area (Å²) in [7, 11) is 1.69. The summed E-state index contributed by atoms with van der Waals surface area (Å²) in [6.45, 7) is 0.815. The largest absolute Gasteiger partial charge is 0.481 e. The molecule has 2 heterocycles. The maximum Gasteiger partial charge on any atom is 0.221 e. The smallest absolute Gasteiger partial charge is 0.221 e. The predicted octanol–water partition coefficient (Wildman–Crippen LogP) is 7.25. The average molecular weight is 510 g/mol. The van der Waals surface area contributed by atoms with Crippen molar-refractivity contribution in [1.82, 2.24) is 14.5 Å². The Bertz CT molecular complexity index is 1430. The number of nitrogens with zero attached hydrogens (tertiary/aromatic N) is 3. The van der Waals surface area contributed by atoms with E-state index in [1.807, 2.05) is 36.9 Å². The minimum atomic E-state index is 0.615. The third-order valence-corrected chi connectivity index (χ3v) is 6.36. The van der Waals surface area contributed by atoms with Gasteiger partial charge in [-0.05, 0) is 53.0 Å². The number of benzene rings is 3. The van der Waals surface area contributed by atoms with E-state index in [0.29, 0.717) is 5.88 Å². The Morgan fingerprint density at radius 1 is 0.912 bits per heavy atom. The van der Waals surface area contributed by atoms with Crippen molar-refractivity contribution in [3.05, 3.63) is 125 Å². The molecule has 2 aromatic heterocycles. The van der Waals surface area contributed by atoms with Gasteiger partial charge in [-0.15, -0.1) is 0 Å². The normalized spacial score (nSPS) is 11.9. The molecule has 0 bridgehead atoms. The van der Waals surface area contributed by atoms with Gasteiger partial charge in [-0.3, -0.25) is 0 Å². The van der Waals surface area contributed by atoms with E-state index in [2.05, 4.69) is 92.2 Å². The monoisotopic (exact) mass is 509 g/mol.